The summed E-state index contributed by atoms with van der Waals surface area (Å²) in [6.07, 6.45) is 7.39. The van der Waals surface area contributed by atoms with Crippen LogP contribution < -0.4 is 0 Å². The first kappa shape index (κ1) is 8.75. The highest BCUT2D eigenvalue weighted by molar-refractivity contribution is 5.84. The van der Waals surface area contributed by atoms with Crippen molar-refractivity contribution in [2.75, 3.05) is 0 Å². The minimum atomic E-state index is -0.791. The molecule has 1 N–H and O–H groups in total. The van der Waals surface area contributed by atoms with E-state index in [0.717, 1.165) is 25.7 Å². The Morgan fingerprint density at radius 3 is 2.62 bits per heavy atom. The van der Waals surface area contributed by atoms with Crippen LogP contribution in [0.25, 0.3) is 0 Å². The fourth-order valence-corrected chi connectivity index (χ4v) is 2.11. The average molecular weight is 182 g/mol. The Hall–Kier alpha value is -0.830. The highest BCUT2D eigenvalue weighted by atomic mass is 16.6. The molecule has 0 spiro atoms. The lowest BCUT2D eigenvalue weighted by Crippen LogP contribution is -2.43. The zero-order valence-corrected chi connectivity index (χ0v) is 7.53. The Kier molecular flexibility index (Phi) is 2.12. The molecule has 72 valence electrons. The number of hydrogen-bond donors (Lipinski definition) is 1. The molecule has 0 radical (unpaired) electrons. The number of carbonyl (C=O) groups is 1. The summed E-state index contributed by atoms with van der Waals surface area (Å²) in [4.78, 5) is 10.8. The first-order chi connectivity index (χ1) is 6.21. The van der Waals surface area contributed by atoms with Gasteiger partial charge in [-0.2, -0.15) is 0 Å². The lowest BCUT2D eigenvalue weighted by atomic mass is 9.81. The van der Waals surface area contributed by atoms with Gasteiger partial charge in [0.1, 0.15) is 11.7 Å². The SMILES string of the molecule is O=C1C=C[C@H](C2(O)CCCCC2)O1. The van der Waals surface area contributed by atoms with Gasteiger partial charge in [-0.25, -0.2) is 4.79 Å². The Morgan fingerprint density at radius 1 is 1.38 bits per heavy atom. The minimum absolute atomic E-state index is 0.330. The third-order valence-electron chi connectivity index (χ3n) is 2.90. The monoisotopic (exact) mass is 182 g/mol. The lowest BCUT2D eigenvalue weighted by Gasteiger charge is -2.35. The Bertz CT molecular complexity index is 239. The van der Waals surface area contributed by atoms with Crippen molar-refractivity contribution >= 4 is 5.97 Å². The molecule has 0 bridgehead atoms. The van der Waals surface area contributed by atoms with E-state index >= 15 is 0 Å². The van der Waals surface area contributed by atoms with Crippen LogP contribution in [0.5, 0.6) is 0 Å². The van der Waals surface area contributed by atoms with Gasteiger partial charge in [-0.05, 0) is 18.9 Å². The summed E-state index contributed by atoms with van der Waals surface area (Å²) in [6, 6.07) is 0. The molecule has 1 atom stereocenters. The molecule has 0 saturated heterocycles. The van der Waals surface area contributed by atoms with Gasteiger partial charge in [0.2, 0.25) is 0 Å². The summed E-state index contributed by atoms with van der Waals surface area (Å²) in [5.41, 5.74) is -0.791. The van der Waals surface area contributed by atoms with Crippen LogP contribution in [-0.4, -0.2) is 22.8 Å². The predicted octanol–water partition coefficient (Wildman–Crippen LogP) is 1.16. The van der Waals surface area contributed by atoms with Crippen LogP contribution in [0.1, 0.15) is 32.1 Å². The Morgan fingerprint density at radius 2 is 2.08 bits per heavy atom. The van der Waals surface area contributed by atoms with Crippen molar-refractivity contribution in [3.05, 3.63) is 12.2 Å². The molecule has 0 aromatic heterocycles. The van der Waals surface area contributed by atoms with Crippen molar-refractivity contribution in [3.8, 4) is 0 Å². The number of ether oxygens (including phenoxy) is 1. The second-order valence-corrected chi connectivity index (χ2v) is 3.88. The molecule has 2 rings (SSSR count). The van der Waals surface area contributed by atoms with Gasteiger partial charge in [0.15, 0.2) is 0 Å². The molecule has 1 saturated carbocycles. The minimum Gasteiger partial charge on any atom is -0.452 e. The van der Waals surface area contributed by atoms with Gasteiger partial charge >= 0.3 is 5.97 Å². The molecule has 0 aromatic rings. The summed E-state index contributed by atoms with van der Waals surface area (Å²) >= 11 is 0. The van der Waals surface area contributed by atoms with Gasteiger partial charge in [-0.15, -0.1) is 0 Å². The zero-order valence-electron chi connectivity index (χ0n) is 7.53. The van der Waals surface area contributed by atoms with E-state index in [4.69, 9.17) is 4.74 Å². The quantitative estimate of drug-likeness (QED) is 0.619. The van der Waals surface area contributed by atoms with Crippen LogP contribution in [0, 0.1) is 0 Å². The second kappa shape index (κ2) is 3.14. The third-order valence-corrected chi connectivity index (χ3v) is 2.90. The fraction of sp³-hybridized carbons (Fsp3) is 0.700. The predicted molar refractivity (Wildman–Crippen MR) is 47.1 cm³/mol. The van der Waals surface area contributed by atoms with Crippen molar-refractivity contribution < 1.29 is 14.6 Å². The normalized spacial score (nSPS) is 31.8. The molecule has 1 aliphatic heterocycles. The maximum Gasteiger partial charge on any atom is 0.331 e. The standard InChI is InChI=1S/C10H14O3/c11-9-5-4-8(13-9)10(12)6-2-1-3-7-10/h4-5,8,12H,1-3,6-7H2/t8-/m1/s1. The average Bonchev–Trinajstić information content (AvgIpc) is 2.54. The molecular formula is C10H14O3. The van der Waals surface area contributed by atoms with Crippen molar-refractivity contribution in [1.29, 1.82) is 0 Å². The topological polar surface area (TPSA) is 46.5 Å². The lowest BCUT2D eigenvalue weighted by molar-refractivity contribution is -0.153. The molecule has 3 nitrogen and oxygen atoms in total. The van der Waals surface area contributed by atoms with Crippen LogP contribution in [0.15, 0.2) is 12.2 Å². The van der Waals surface area contributed by atoms with Gasteiger partial charge in [0.25, 0.3) is 0 Å². The highest BCUT2D eigenvalue weighted by Gasteiger charge is 2.40. The first-order valence-electron chi connectivity index (χ1n) is 4.82. The smallest absolute Gasteiger partial charge is 0.331 e. The number of aliphatic hydroxyl groups is 1. The highest BCUT2D eigenvalue weighted by Crippen LogP contribution is 2.34. The van der Waals surface area contributed by atoms with E-state index in [-0.39, 0.29) is 5.97 Å². The number of rotatable bonds is 1. The molecule has 1 heterocycles. The third kappa shape index (κ3) is 1.61. The van der Waals surface area contributed by atoms with Crippen molar-refractivity contribution in [3.63, 3.8) is 0 Å². The van der Waals surface area contributed by atoms with Gasteiger partial charge in [-0.1, -0.05) is 19.3 Å². The van der Waals surface area contributed by atoms with E-state index in [2.05, 4.69) is 0 Å². The van der Waals surface area contributed by atoms with Gasteiger partial charge in [-0.3, -0.25) is 0 Å². The van der Waals surface area contributed by atoms with E-state index in [1.54, 1.807) is 6.08 Å². The molecule has 0 aromatic carbocycles. The van der Waals surface area contributed by atoms with E-state index in [1.807, 2.05) is 0 Å². The van der Waals surface area contributed by atoms with Crippen LogP contribution in [0.2, 0.25) is 0 Å². The molecule has 13 heavy (non-hydrogen) atoms. The van der Waals surface area contributed by atoms with Gasteiger partial charge in [0.05, 0.1) is 0 Å². The number of esters is 1. The van der Waals surface area contributed by atoms with E-state index in [9.17, 15) is 9.90 Å². The number of carbonyl (C=O) groups excluding carboxylic acids is 1. The molecule has 3 heteroatoms. The molecule has 2 aliphatic rings. The number of cyclic esters (lactones) is 1. The summed E-state index contributed by atoms with van der Waals surface area (Å²) in [7, 11) is 0. The van der Waals surface area contributed by atoms with Gasteiger partial charge < -0.3 is 9.84 Å². The van der Waals surface area contributed by atoms with Crippen molar-refractivity contribution in [2.45, 2.75) is 43.8 Å². The fourth-order valence-electron chi connectivity index (χ4n) is 2.11. The maximum absolute atomic E-state index is 10.8. The van der Waals surface area contributed by atoms with E-state index in [0.29, 0.717) is 0 Å². The summed E-state index contributed by atoms with van der Waals surface area (Å²) < 4.78 is 5.00. The van der Waals surface area contributed by atoms with E-state index in [1.165, 1.54) is 12.5 Å². The summed E-state index contributed by atoms with van der Waals surface area (Å²) in [5.74, 6) is -0.330. The van der Waals surface area contributed by atoms with Crippen molar-refractivity contribution in [1.82, 2.24) is 0 Å². The van der Waals surface area contributed by atoms with Crippen LogP contribution in [-0.2, 0) is 9.53 Å². The Labute approximate surface area is 77.4 Å². The molecule has 1 fully saturated rings. The first-order valence-corrected chi connectivity index (χ1v) is 4.82. The second-order valence-electron chi connectivity index (χ2n) is 3.88. The maximum atomic E-state index is 10.8. The van der Waals surface area contributed by atoms with Crippen LogP contribution in [0.3, 0.4) is 0 Å². The molecular weight excluding hydrogens is 168 g/mol. The molecule has 0 unspecified atom stereocenters. The summed E-state index contributed by atoms with van der Waals surface area (Å²) in [5, 5.41) is 10.2. The van der Waals surface area contributed by atoms with Crippen molar-refractivity contribution in [2.24, 2.45) is 0 Å². The Balaban J connectivity index is 2.05. The van der Waals surface area contributed by atoms with Gasteiger partial charge in [0, 0.05) is 6.08 Å². The molecule has 1 aliphatic carbocycles. The zero-order chi connectivity index (χ0) is 9.31. The summed E-state index contributed by atoms with van der Waals surface area (Å²) in [6.45, 7) is 0. The molecule has 0 amide bonds. The van der Waals surface area contributed by atoms with E-state index < -0.39 is 11.7 Å². The largest absolute Gasteiger partial charge is 0.452 e. The van der Waals surface area contributed by atoms with Crippen LogP contribution in [0.4, 0.5) is 0 Å². The van der Waals surface area contributed by atoms with Crippen LogP contribution >= 0.6 is 0 Å². The number of hydrogen-bond acceptors (Lipinski definition) is 3.